The van der Waals surface area contributed by atoms with Crippen LogP contribution in [0.1, 0.15) is 29.8 Å². The van der Waals surface area contributed by atoms with Gasteiger partial charge in [-0.25, -0.2) is 4.79 Å². The Morgan fingerprint density at radius 2 is 1.82 bits per heavy atom. The molecule has 2 aromatic rings. The van der Waals surface area contributed by atoms with E-state index in [2.05, 4.69) is 10.6 Å². The van der Waals surface area contributed by atoms with E-state index >= 15 is 0 Å². The van der Waals surface area contributed by atoms with Crippen molar-refractivity contribution in [2.45, 2.75) is 26.9 Å². The molecular weight excluding hydrogens is 384 g/mol. The zero-order valence-electron chi connectivity index (χ0n) is 16.0. The summed E-state index contributed by atoms with van der Waals surface area (Å²) < 4.78 is 10.4. The minimum absolute atomic E-state index is 0.214. The Kier molecular flexibility index (Phi) is 7.00. The van der Waals surface area contributed by atoms with E-state index in [0.717, 1.165) is 5.56 Å². The van der Waals surface area contributed by atoms with Crippen LogP contribution in [0.4, 0.5) is 11.4 Å². The molecule has 0 saturated carbocycles. The fourth-order valence-electron chi connectivity index (χ4n) is 2.37. The van der Waals surface area contributed by atoms with Crippen LogP contribution in [0.5, 0.6) is 5.75 Å². The van der Waals surface area contributed by atoms with Crippen molar-refractivity contribution in [3.05, 3.63) is 52.5 Å². The fourth-order valence-corrected chi connectivity index (χ4v) is 2.53. The van der Waals surface area contributed by atoms with E-state index in [1.165, 1.54) is 33.1 Å². The number of anilines is 2. The molecule has 0 fully saturated rings. The number of nitrogens with one attached hydrogen (secondary N) is 2. The van der Waals surface area contributed by atoms with Crippen molar-refractivity contribution in [2.75, 3.05) is 17.7 Å². The number of carbonyl (C=O) groups excluding carboxylic acids is 3. The highest BCUT2D eigenvalue weighted by Crippen LogP contribution is 2.31. The van der Waals surface area contributed by atoms with E-state index in [9.17, 15) is 14.4 Å². The summed E-state index contributed by atoms with van der Waals surface area (Å²) in [5.41, 5.74) is 1.86. The van der Waals surface area contributed by atoms with Gasteiger partial charge in [-0.1, -0.05) is 17.7 Å². The summed E-state index contributed by atoms with van der Waals surface area (Å²) in [5.74, 6) is -1.07. The van der Waals surface area contributed by atoms with Crippen LogP contribution in [0.25, 0.3) is 0 Å². The third-order valence-corrected chi connectivity index (χ3v) is 4.22. The van der Waals surface area contributed by atoms with E-state index in [1.807, 2.05) is 0 Å². The van der Waals surface area contributed by atoms with Crippen LogP contribution < -0.4 is 15.4 Å². The molecule has 0 saturated heterocycles. The zero-order chi connectivity index (χ0) is 20.8. The van der Waals surface area contributed by atoms with Crippen LogP contribution in [0.3, 0.4) is 0 Å². The van der Waals surface area contributed by atoms with Crippen LogP contribution in [-0.2, 0) is 14.3 Å². The monoisotopic (exact) mass is 404 g/mol. The highest BCUT2D eigenvalue weighted by atomic mass is 35.5. The van der Waals surface area contributed by atoms with Crippen molar-refractivity contribution >= 4 is 40.8 Å². The first-order valence-electron chi connectivity index (χ1n) is 8.45. The number of hydrogen-bond acceptors (Lipinski definition) is 5. The molecule has 1 unspecified atom stereocenters. The molecule has 0 bridgehead atoms. The van der Waals surface area contributed by atoms with E-state index < -0.39 is 18.0 Å². The van der Waals surface area contributed by atoms with E-state index in [4.69, 9.17) is 21.1 Å². The predicted octanol–water partition coefficient (Wildman–Crippen LogP) is 3.80. The second kappa shape index (κ2) is 9.23. The van der Waals surface area contributed by atoms with Gasteiger partial charge in [0.05, 0.1) is 18.4 Å². The molecule has 0 radical (unpaired) electrons. The maximum atomic E-state index is 12.4. The number of hydrogen-bond donors (Lipinski definition) is 2. The zero-order valence-corrected chi connectivity index (χ0v) is 16.7. The molecule has 1 atom stereocenters. The maximum absolute atomic E-state index is 12.4. The Labute approximate surface area is 168 Å². The first-order valence-corrected chi connectivity index (χ1v) is 8.82. The second-order valence-corrected chi connectivity index (χ2v) is 6.51. The minimum Gasteiger partial charge on any atom is -0.495 e. The third-order valence-electron chi connectivity index (χ3n) is 3.81. The minimum atomic E-state index is -1.06. The van der Waals surface area contributed by atoms with Crippen molar-refractivity contribution in [3.63, 3.8) is 0 Å². The van der Waals surface area contributed by atoms with Gasteiger partial charge in [-0.3, -0.25) is 9.59 Å². The molecular formula is C20H21ClN2O5. The van der Waals surface area contributed by atoms with Crippen LogP contribution in [-0.4, -0.2) is 31.0 Å². The molecule has 0 aliphatic rings. The lowest BCUT2D eigenvalue weighted by atomic mass is 10.2. The summed E-state index contributed by atoms with van der Waals surface area (Å²) in [5, 5.41) is 5.76. The van der Waals surface area contributed by atoms with E-state index in [1.54, 1.807) is 31.2 Å². The third kappa shape index (κ3) is 5.47. The topological polar surface area (TPSA) is 93.7 Å². The molecule has 0 aliphatic heterocycles. The van der Waals surface area contributed by atoms with Gasteiger partial charge in [0.15, 0.2) is 6.10 Å². The van der Waals surface area contributed by atoms with Crippen LogP contribution in [0.15, 0.2) is 36.4 Å². The molecule has 0 aromatic heterocycles. The SMILES string of the molecule is COc1cc(Cl)c(C)cc1NC(=O)C(C)OC(=O)c1cccc(NC(C)=O)c1. The first kappa shape index (κ1) is 21.2. The summed E-state index contributed by atoms with van der Waals surface area (Å²) in [7, 11) is 1.46. The molecule has 7 nitrogen and oxygen atoms in total. The van der Waals surface area contributed by atoms with Gasteiger partial charge in [0, 0.05) is 23.7 Å². The van der Waals surface area contributed by atoms with Crippen LogP contribution in [0.2, 0.25) is 5.02 Å². The van der Waals surface area contributed by atoms with Gasteiger partial charge in [0.2, 0.25) is 5.91 Å². The number of aryl methyl sites for hydroxylation is 1. The molecule has 0 aliphatic carbocycles. The quantitative estimate of drug-likeness (QED) is 0.714. The largest absolute Gasteiger partial charge is 0.495 e. The number of amides is 2. The number of rotatable bonds is 6. The number of esters is 1. The number of halogens is 1. The lowest BCUT2D eigenvalue weighted by Gasteiger charge is -2.16. The van der Waals surface area contributed by atoms with Crippen LogP contribution in [0, 0.1) is 6.92 Å². The first-order chi connectivity index (χ1) is 13.2. The van der Waals surface area contributed by atoms with Gasteiger partial charge in [0.25, 0.3) is 5.91 Å². The summed E-state index contributed by atoms with van der Waals surface area (Å²) >= 11 is 6.06. The van der Waals surface area contributed by atoms with Crippen molar-refractivity contribution < 1.29 is 23.9 Å². The molecule has 8 heteroatoms. The van der Waals surface area contributed by atoms with Gasteiger partial charge in [0.1, 0.15) is 5.75 Å². The van der Waals surface area contributed by atoms with E-state index in [0.29, 0.717) is 22.1 Å². The van der Waals surface area contributed by atoms with Crippen molar-refractivity contribution in [1.29, 1.82) is 0 Å². The van der Waals surface area contributed by atoms with Gasteiger partial charge in [-0.05, 0) is 43.7 Å². The molecule has 2 N–H and O–H groups in total. The predicted molar refractivity (Wildman–Crippen MR) is 107 cm³/mol. The van der Waals surface area contributed by atoms with Gasteiger partial charge < -0.3 is 20.1 Å². The van der Waals surface area contributed by atoms with Gasteiger partial charge in [-0.15, -0.1) is 0 Å². The fraction of sp³-hybridized carbons (Fsp3) is 0.250. The Balaban J connectivity index is 2.07. The molecule has 28 heavy (non-hydrogen) atoms. The summed E-state index contributed by atoms with van der Waals surface area (Å²) in [6, 6.07) is 9.52. The average molecular weight is 405 g/mol. The standard InChI is InChI=1S/C20H21ClN2O5/c1-11-8-17(18(27-4)10-16(11)21)23-19(25)12(2)28-20(26)14-6-5-7-15(9-14)22-13(3)24/h5-10,12H,1-4H3,(H,22,24)(H,23,25). The Bertz CT molecular complexity index is 913. The highest BCUT2D eigenvalue weighted by Gasteiger charge is 2.21. The smallest absolute Gasteiger partial charge is 0.338 e. The summed E-state index contributed by atoms with van der Waals surface area (Å²) in [6.07, 6.45) is -1.06. The summed E-state index contributed by atoms with van der Waals surface area (Å²) in [6.45, 7) is 4.62. The highest BCUT2D eigenvalue weighted by molar-refractivity contribution is 6.31. The van der Waals surface area contributed by atoms with Crippen LogP contribution >= 0.6 is 11.6 Å². The van der Waals surface area contributed by atoms with Crippen molar-refractivity contribution in [1.82, 2.24) is 0 Å². The number of carbonyl (C=O) groups is 3. The molecule has 2 amide bonds. The van der Waals surface area contributed by atoms with Gasteiger partial charge in [-0.2, -0.15) is 0 Å². The Morgan fingerprint density at radius 1 is 1.11 bits per heavy atom. The molecule has 0 spiro atoms. The molecule has 148 valence electrons. The Hall–Kier alpha value is -3.06. The molecule has 2 aromatic carbocycles. The average Bonchev–Trinajstić information content (AvgIpc) is 2.64. The number of benzene rings is 2. The number of methoxy groups -OCH3 is 1. The Morgan fingerprint density at radius 3 is 2.46 bits per heavy atom. The van der Waals surface area contributed by atoms with E-state index in [-0.39, 0.29) is 11.5 Å². The number of ether oxygens (including phenoxy) is 2. The lowest BCUT2D eigenvalue weighted by Crippen LogP contribution is -2.30. The molecule has 0 heterocycles. The maximum Gasteiger partial charge on any atom is 0.338 e. The van der Waals surface area contributed by atoms with Crippen molar-refractivity contribution in [3.8, 4) is 5.75 Å². The van der Waals surface area contributed by atoms with Crippen molar-refractivity contribution in [2.24, 2.45) is 0 Å². The second-order valence-electron chi connectivity index (χ2n) is 6.10. The lowest BCUT2D eigenvalue weighted by molar-refractivity contribution is -0.123. The summed E-state index contributed by atoms with van der Waals surface area (Å²) in [4.78, 5) is 35.9. The normalized spacial score (nSPS) is 11.3. The molecule has 2 rings (SSSR count). The van der Waals surface area contributed by atoms with Gasteiger partial charge >= 0.3 is 5.97 Å².